The number of Topliss-reactive ketones (excluding diaryl/α,β-unsaturated/α-hetero) is 1. The first-order valence-electron chi connectivity index (χ1n) is 12.0. The number of benzene rings is 2. The summed E-state index contributed by atoms with van der Waals surface area (Å²) in [7, 11) is 1.56. The van der Waals surface area contributed by atoms with E-state index in [1.807, 2.05) is 24.3 Å². The Bertz CT molecular complexity index is 1190. The third-order valence-corrected chi connectivity index (χ3v) is 6.49. The molecule has 1 unspecified atom stereocenters. The van der Waals surface area contributed by atoms with Crippen LogP contribution >= 0.6 is 0 Å². The molecule has 0 radical (unpaired) electrons. The van der Waals surface area contributed by atoms with E-state index in [2.05, 4.69) is 19.0 Å². The SMILES string of the molecule is CCCC(CCC)C1C(=C(O)c2ccc(OC)cc2)C(=O)C(=O)N1c1ccc(-c2ccon2)cc1. The molecule has 2 aromatic carbocycles. The summed E-state index contributed by atoms with van der Waals surface area (Å²) in [4.78, 5) is 28.3. The Morgan fingerprint density at radius 1 is 1.03 bits per heavy atom. The molecule has 0 aliphatic carbocycles. The van der Waals surface area contributed by atoms with Gasteiger partial charge in [-0.2, -0.15) is 0 Å². The molecule has 35 heavy (non-hydrogen) atoms. The number of rotatable bonds is 9. The zero-order valence-electron chi connectivity index (χ0n) is 20.2. The van der Waals surface area contributed by atoms with Crippen LogP contribution in [0.2, 0.25) is 0 Å². The standard InChI is InChI=1S/C28H30N2O5/c1-4-6-19(7-5-2)25-24(26(31)20-10-14-22(34-3)15-11-20)27(32)28(33)30(25)21-12-8-18(9-13-21)23-16-17-35-29-23/h8-17,19,25,31H,4-7H2,1-3H3. The maximum Gasteiger partial charge on any atom is 0.299 e. The summed E-state index contributed by atoms with van der Waals surface area (Å²) in [6, 6.07) is 15.3. The van der Waals surface area contributed by atoms with Crippen LogP contribution in [-0.4, -0.2) is 35.1 Å². The summed E-state index contributed by atoms with van der Waals surface area (Å²) >= 11 is 0. The predicted octanol–water partition coefficient (Wildman–Crippen LogP) is 5.82. The van der Waals surface area contributed by atoms with Crippen molar-refractivity contribution in [2.24, 2.45) is 5.92 Å². The second-order valence-corrected chi connectivity index (χ2v) is 8.71. The minimum absolute atomic E-state index is 0.0195. The highest BCUT2D eigenvalue weighted by atomic mass is 16.5. The molecule has 1 aromatic heterocycles. The fourth-order valence-electron chi connectivity index (χ4n) is 4.85. The first-order valence-corrected chi connectivity index (χ1v) is 12.0. The van der Waals surface area contributed by atoms with Gasteiger partial charge in [-0.15, -0.1) is 0 Å². The number of ketones is 1. The second-order valence-electron chi connectivity index (χ2n) is 8.71. The molecule has 1 amide bonds. The Balaban J connectivity index is 1.81. The van der Waals surface area contributed by atoms with Crippen LogP contribution in [0, 0.1) is 5.92 Å². The Morgan fingerprint density at radius 2 is 1.69 bits per heavy atom. The quantitative estimate of drug-likeness (QED) is 0.239. The van der Waals surface area contributed by atoms with Gasteiger partial charge >= 0.3 is 0 Å². The Morgan fingerprint density at radius 3 is 2.23 bits per heavy atom. The summed E-state index contributed by atoms with van der Waals surface area (Å²) in [5.41, 5.74) is 2.77. The number of ether oxygens (including phenoxy) is 1. The summed E-state index contributed by atoms with van der Waals surface area (Å²) in [6.07, 6.45) is 4.96. The van der Waals surface area contributed by atoms with Gasteiger partial charge in [0.1, 0.15) is 23.5 Å². The van der Waals surface area contributed by atoms with Gasteiger partial charge < -0.3 is 14.4 Å². The Kier molecular flexibility index (Phi) is 7.34. The third kappa shape index (κ3) is 4.71. The van der Waals surface area contributed by atoms with Gasteiger partial charge in [-0.1, -0.05) is 44.0 Å². The van der Waals surface area contributed by atoms with Gasteiger partial charge in [0.15, 0.2) is 0 Å². The van der Waals surface area contributed by atoms with E-state index in [0.717, 1.165) is 31.2 Å². The lowest BCUT2D eigenvalue weighted by atomic mass is 9.84. The monoisotopic (exact) mass is 474 g/mol. The topological polar surface area (TPSA) is 92.9 Å². The van der Waals surface area contributed by atoms with E-state index < -0.39 is 17.7 Å². The van der Waals surface area contributed by atoms with E-state index in [4.69, 9.17) is 9.26 Å². The zero-order chi connectivity index (χ0) is 24.9. The number of aromatic nitrogens is 1. The molecule has 2 heterocycles. The van der Waals surface area contributed by atoms with Crippen molar-refractivity contribution in [3.05, 3.63) is 72.0 Å². The molecule has 0 spiro atoms. The van der Waals surface area contributed by atoms with E-state index in [-0.39, 0.29) is 17.3 Å². The van der Waals surface area contributed by atoms with Crippen molar-refractivity contribution in [2.45, 2.75) is 45.6 Å². The molecule has 1 N–H and O–H groups in total. The van der Waals surface area contributed by atoms with E-state index in [9.17, 15) is 14.7 Å². The number of carbonyl (C=O) groups excluding carboxylic acids is 2. The normalized spacial score (nSPS) is 17.4. The van der Waals surface area contributed by atoms with Gasteiger partial charge in [0.05, 0.1) is 18.7 Å². The average molecular weight is 475 g/mol. The number of nitrogens with zero attached hydrogens (tertiary/aromatic N) is 2. The first-order chi connectivity index (χ1) is 17.0. The summed E-state index contributed by atoms with van der Waals surface area (Å²) in [6.45, 7) is 4.18. The Hall–Kier alpha value is -3.87. The number of carbonyl (C=O) groups is 2. The molecule has 1 fully saturated rings. The van der Waals surface area contributed by atoms with Crippen LogP contribution < -0.4 is 9.64 Å². The molecule has 0 saturated carbocycles. The fraction of sp³-hybridized carbons (Fsp3) is 0.321. The van der Waals surface area contributed by atoms with E-state index in [1.54, 1.807) is 42.3 Å². The fourth-order valence-corrected chi connectivity index (χ4v) is 4.85. The van der Waals surface area contributed by atoms with E-state index >= 15 is 0 Å². The van der Waals surface area contributed by atoms with Crippen LogP contribution in [0.15, 0.2) is 71.0 Å². The lowest BCUT2D eigenvalue weighted by Gasteiger charge is -2.32. The molecular weight excluding hydrogens is 444 g/mol. The maximum atomic E-state index is 13.4. The average Bonchev–Trinajstić information content (AvgIpc) is 3.51. The van der Waals surface area contributed by atoms with Crippen molar-refractivity contribution >= 4 is 23.1 Å². The molecule has 1 aliphatic heterocycles. The van der Waals surface area contributed by atoms with Crippen LogP contribution in [0.1, 0.15) is 45.1 Å². The van der Waals surface area contributed by atoms with Crippen LogP contribution in [0.3, 0.4) is 0 Å². The molecule has 1 saturated heterocycles. The minimum Gasteiger partial charge on any atom is -0.507 e. The zero-order valence-corrected chi connectivity index (χ0v) is 20.2. The number of aliphatic hydroxyl groups excluding tert-OH is 1. The lowest BCUT2D eigenvalue weighted by Crippen LogP contribution is -2.39. The lowest BCUT2D eigenvalue weighted by molar-refractivity contribution is -0.132. The highest BCUT2D eigenvalue weighted by Gasteiger charge is 2.48. The summed E-state index contributed by atoms with van der Waals surface area (Å²) in [5, 5.41) is 15.2. The number of amides is 1. The van der Waals surface area contributed by atoms with Crippen molar-refractivity contribution in [3.63, 3.8) is 0 Å². The first kappa shape index (κ1) is 24.3. The summed E-state index contributed by atoms with van der Waals surface area (Å²) < 4.78 is 10.1. The van der Waals surface area contributed by atoms with Crippen molar-refractivity contribution in [3.8, 4) is 17.0 Å². The van der Waals surface area contributed by atoms with Gasteiger partial charge in [0, 0.05) is 22.9 Å². The van der Waals surface area contributed by atoms with Crippen LogP contribution in [0.5, 0.6) is 5.75 Å². The molecule has 7 nitrogen and oxygen atoms in total. The molecule has 1 aliphatic rings. The minimum atomic E-state index is -0.666. The van der Waals surface area contributed by atoms with Crippen LogP contribution in [0.25, 0.3) is 17.0 Å². The van der Waals surface area contributed by atoms with Gasteiger partial charge in [0.2, 0.25) is 0 Å². The molecule has 0 bridgehead atoms. The van der Waals surface area contributed by atoms with Gasteiger partial charge in [-0.25, -0.2) is 0 Å². The highest BCUT2D eigenvalue weighted by molar-refractivity contribution is 6.51. The number of hydrogen-bond donors (Lipinski definition) is 1. The molecular formula is C28H30N2O5. The largest absolute Gasteiger partial charge is 0.507 e. The van der Waals surface area contributed by atoms with Crippen LogP contribution in [0.4, 0.5) is 5.69 Å². The second kappa shape index (κ2) is 10.6. The van der Waals surface area contributed by atoms with Gasteiger partial charge in [0.25, 0.3) is 11.7 Å². The van der Waals surface area contributed by atoms with E-state index in [0.29, 0.717) is 22.7 Å². The van der Waals surface area contributed by atoms with Crippen molar-refractivity contribution in [2.75, 3.05) is 12.0 Å². The molecule has 1 atom stereocenters. The molecule has 7 heteroatoms. The number of hydrogen-bond acceptors (Lipinski definition) is 6. The van der Waals surface area contributed by atoms with Gasteiger partial charge in [-0.05, 0) is 55.2 Å². The highest BCUT2D eigenvalue weighted by Crippen LogP contribution is 2.40. The maximum absolute atomic E-state index is 13.4. The smallest absolute Gasteiger partial charge is 0.299 e. The summed E-state index contributed by atoms with van der Waals surface area (Å²) in [5.74, 6) is -0.793. The number of methoxy groups -OCH3 is 1. The van der Waals surface area contributed by atoms with Crippen molar-refractivity contribution < 1.29 is 24.0 Å². The van der Waals surface area contributed by atoms with E-state index in [1.165, 1.54) is 6.26 Å². The number of anilines is 1. The van der Waals surface area contributed by atoms with Crippen LogP contribution in [-0.2, 0) is 9.59 Å². The van der Waals surface area contributed by atoms with Gasteiger partial charge in [-0.3, -0.25) is 14.5 Å². The third-order valence-electron chi connectivity index (χ3n) is 6.49. The molecule has 4 rings (SSSR count). The molecule has 3 aromatic rings. The van der Waals surface area contributed by atoms with Crippen molar-refractivity contribution in [1.29, 1.82) is 0 Å². The number of aliphatic hydroxyl groups is 1. The Labute approximate surface area is 205 Å². The van der Waals surface area contributed by atoms with Crippen molar-refractivity contribution in [1.82, 2.24) is 5.16 Å². The predicted molar refractivity (Wildman–Crippen MR) is 134 cm³/mol. The molecule has 182 valence electrons.